The summed E-state index contributed by atoms with van der Waals surface area (Å²) >= 11 is 0. The van der Waals surface area contributed by atoms with Crippen LogP contribution in [0.1, 0.15) is 30.4 Å². The highest BCUT2D eigenvalue weighted by atomic mass is 32.2. The highest BCUT2D eigenvalue weighted by Crippen LogP contribution is 2.31. The standard InChI is InChI=1S/C33H39N5O5S/c1-43-30-12-4-24(5-13-30)20-38-32(39)16-19-37(33(38)40)28-10-8-27(9-11-28)36-21-29(22-36)35-17-14-31(15-18-35)44(41,42)23-25-2-6-26(34)7-3-25/h2-13,29,31H,14-23,34H2,1H3. The van der Waals surface area contributed by atoms with Crippen LogP contribution < -0.4 is 20.3 Å². The topological polar surface area (TPSA) is 116 Å². The van der Waals surface area contributed by atoms with Gasteiger partial charge >= 0.3 is 6.03 Å². The van der Waals surface area contributed by atoms with Crippen molar-refractivity contribution in [3.8, 4) is 5.75 Å². The summed E-state index contributed by atoms with van der Waals surface area (Å²) in [5, 5.41) is -0.306. The molecule has 44 heavy (non-hydrogen) atoms. The molecule has 3 aliphatic rings. The molecule has 0 spiro atoms. The molecule has 0 bridgehead atoms. The highest BCUT2D eigenvalue weighted by Gasteiger charge is 2.37. The van der Waals surface area contributed by atoms with E-state index in [0.717, 1.165) is 54.4 Å². The summed E-state index contributed by atoms with van der Waals surface area (Å²) in [7, 11) is -1.62. The number of hydrogen-bond acceptors (Lipinski definition) is 8. The van der Waals surface area contributed by atoms with Gasteiger partial charge in [-0.1, -0.05) is 24.3 Å². The van der Waals surface area contributed by atoms with E-state index in [0.29, 0.717) is 31.1 Å². The third kappa shape index (κ3) is 6.39. The number of benzene rings is 3. The van der Waals surface area contributed by atoms with Crippen LogP contribution in [0.4, 0.5) is 21.9 Å². The van der Waals surface area contributed by atoms with Crippen molar-refractivity contribution >= 4 is 38.8 Å². The van der Waals surface area contributed by atoms with Crippen LogP contribution in [0.5, 0.6) is 5.75 Å². The molecule has 10 nitrogen and oxygen atoms in total. The van der Waals surface area contributed by atoms with Crippen LogP contribution in [0.3, 0.4) is 0 Å². The number of nitrogens with two attached hydrogens (primary N) is 1. The van der Waals surface area contributed by atoms with E-state index in [9.17, 15) is 18.0 Å². The van der Waals surface area contributed by atoms with Crippen LogP contribution in [0.15, 0.2) is 72.8 Å². The smallest absolute Gasteiger partial charge is 0.331 e. The van der Waals surface area contributed by atoms with Gasteiger partial charge in [0, 0.05) is 49.2 Å². The van der Waals surface area contributed by atoms with E-state index in [2.05, 4.69) is 9.80 Å². The summed E-state index contributed by atoms with van der Waals surface area (Å²) in [5.74, 6) is 0.612. The number of anilines is 3. The third-order valence-electron chi connectivity index (χ3n) is 9.05. The first-order chi connectivity index (χ1) is 21.2. The maximum atomic E-state index is 13.3. The Labute approximate surface area is 258 Å². The fourth-order valence-corrected chi connectivity index (χ4v) is 8.13. The molecule has 11 heteroatoms. The molecule has 3 heterocycles. The fourth-order valence-electron chi connectivity index (χ4n) is 6.30. The van der Waals surface area contributed by atoms with Crippen LogP contribution >= 0.6 is 0 Å². The van der Waals surface area contributed by atoms with E-state index < -0.39 is 9.84 Å². The van der Waals surface area contributed by atoms with Crippen LogP contribution in [-0.2, 0) is 26.9 Å². The lowest BCUT2D eigenvalue weighted by Crippen LogP contribution is -2.61. The number of nitrogen functional groups attached to an aromatic ring is 1. The zero-order valence-electron chi connectivity index (χ0n) is 25.0. The Hall–Kier alpha value is -4.09. The predicted molar refractivity (Wildman–Crippen MR) is 171 cm³/mol. The van der Waals surface area contributed by atoms with Crippen LogP contribution in [0.2, 0.25) is 0 Å². The maximum absolute atomic E-state index is 13.3. The first-order valence-corrected chi connectivity index (χ1v) is 16.8. The molecule has 3 saturated heterocycles. The molecular formula is C33H39N5O5S. The molecule has 0 atom stereocenters. The predicted octanol–water partition coefficient (Wildman–Crippen LogP) is 3.90. The van der Waals surface area contributed by atoms with Gasteiger partial charge in [-0.3, -0.25) is 19.5 Å². The number of likely N-dealkylation sites (tertiary alicyclic amines) is 1. The maximum Gasteiger partial charge on any atom is 0.331 e. The molecule has 2 N–H and O–H groups in total. The van der Waals surface area contributed by atoms with Crippen molar-refractivity contribution in [1.29, 1.82) is 0 Å². The van der Waals surface area contributed by atoms with E-state index in [-0.39, 0.29) is 35.9 Å². The monoisotopic (exact) mass is 617 g/mol. The van der Waals surface area contributed by atoms with Crippen molar-refractivity contribution < 1.29 is 22.7 Å². The van der Waals surface area contributed by atoms with Crippen molar-refractivity contribution in [1.82, 2.24) is 9.80 Å². The van der Waals surface area contributed by atoms with Gasteiger partial charge in [-0.2, -0.15) is 0 Å². The van der Waals surface area contributed by atoms with Crippen molar-refractivity contribution in [2.45, 2.75) is 42.9 Å². The van der Waals surface area contributed by atoms with Gasteiger partial charge in [-0.25, -0.2) is 13.2 Å². The Morgan fingerprint density at radius 3 is 2.07 bits per heavy atom. The zero-order valence-corrected chi connectivity index (χ0v) is 25.8. The first-order valence-electron chi connectivity index (χ1n) is 15.1. The second-order valence-electron chi connectivity index (χ2n) is 11.9. The second kappa shape index (κ2) is 12.5. The Morgan fingerprint density at radius 1 is 0.818 bits per heavy atom. The SMILES string of the molecule is COc1ccc(CN2C(=O)CCN(c3ccc(N4CC(N5CCC(S(=O)(=O)Cc6ccc(N)cc6)CC5)C4)cc3)C2=O)cc1. The second-order valence-corrected chi connectivity index (χ2v) is 14.2. The van der Waals surface area contributed by atoms with Gasteiger partial charge in [0.1, 0.15) is 5.75 Å². The number of ether oxygens (including phenoxy) is 1. The molecule has 0 saturated carbocycles. The largest absolute Gasteiger partial charge is 0.497 e. The van der Waals surface area contributed by atoms with E-state index in [1.54, 1.807) is 36.3 Å². The normalized spacial score (nSPS) is 18.9. The average Bonchev–Trinajstić information content (AvgIpc) is 3.01. The Bertz CT molecular complexity index is 1580. The van der Waals surface area contributed by atoms with Gasteiger partial charge < -0.3 is 15.4 Å². The zero-order chi connectivity index (χ0) is 30.8. The third-order valence-corrected chi connectivity index (χ3v) is 11.3. The average molecular weight is 618 g/mol. The number of sulfone groups is 1. The van der Waals surface area contributed by atoms with E-state index in [1.165, 1.54) is 4.90 Å². The van der Waals surface area contributed by atoms with Crippen LogP contribution in [0.25, 0.3) is 0 Å². The molecule has 6 rings (SSSR count). The number of carbonyl (C=O) groups is 2. The van der Waals surface area contributed by atoms with Gasteiger partial charge in [-0.15, -0.1) is 0 Å². The number of hydrogen-bond donors (Lipinski definition) is 1. The molecule has 3 amide bonds. The number of piperidine rings is 1. The number of urea groups is 1. The lowest BCUT2D eigenvalue weighted by atomic mass is 10.0. The lowest BCUT2D eigenvalue weighted by molar-refractivity contribution is -0.129. The summed E-state index contributed by atoms with van der Waals surface area (Å²) in [6.07, 6.45) is 1.59. The number of rotatable bonds is 9. The molecular weight excluding hydrogens is 578 g/mol. The fraction of sp³-hybridized carbons (Fsp3) is 0.394. The van der Waals surface area contributed by atoms with Crippen molar-refractivity contribution in [2.75, 3.05) is 55.4 Å². The molecule has 3 aromatic rings. The summed E-state index contributed by atoms with van der Waals surface area (Å²) in [4.78, 5) is 33.6. The molecule has 3 fully saturated rings. The van der Waals surface area contributed by atoms with Gasteiger partial charge in [0.25, 0.3) is 0 Å². The Morgan fingerprint density at radius 2 is 1.43 bits per heavy atom. The first kappa shape index (κ1) is 30.0. The molecule has 0 aromatic heterocycles. The molecule has 0 aliphatic carbocycles. The lowest BCUT2D eigenvalue weighted by Gasteiger charge is -2.48. The van der Waals surface area contributed by atoms with Crippen LogP contribution in [0, 0.1) is 0 Å². The van der Waals surface area contributed by atoms with E-state index in [1.807, 2.05) is 48.5 Å². The highest BCUT2D eigenvalue weighted by molar-refractivity contribution is 7.91. The van der Waals surface area contributed by atoms with Gasteiger partial charge in [-0.05, 0) is 85.6 Å². The van der Waals surface area contributed by atoms with Gasteiger partial charge in [0.15, 0.2) is 9.84 Å². The molecule has 3 aliphatic heterocycles. The Balaban J connectivity index is 0.994. The quantitative estimate of drug-likeness (QED) is 0.360. The number of amides is 3. The Kier molecular flexibility index (Phi) is 8.50. The molecule has 232 valence electrons. The number of carbonyl (C=O) groups excluding carboxylic acids is 2. The molecule has 0 radical (unpaired) electrons. The molecule has 3 aromatic carbocycles. The summed E-state index contributed by atoms with van der Waals surface area (Å²) < 4.78 is 31.3. The van der Waals surface area contributed by atoms with Gasteiger partial charge in [0.05, 0.1) is 24.7 Å². The van der Waals surface area contributed by atoms with Crippen molar-refractivity contribution in [2.24, 2.45) is 0 Å². The van der Waals surface area contributed by atoms with Crippen LogP contribution in [-0.4, -0.2) is 81.3 Å². The minimum atomic E-state index is -3.22. The van der Waals surface area contributed by atoms with E-state index in [4.69, 9.17) is 10.5 Å². The number of methoxy groups -OCH3 is 1. The summed E-state index contributed by atoms with van der Waals surface area (Å²) in [5.41, 5.74) is 9.87. The van der Waals surface area contributed by atoms with Gasteiger partial charge in [0.2, 0.25) is 5.91 Å². The number of imide groups is 1. The number of nitrogens with zero attached hydrogens (tertiary/aromatic N) is 4. The van der Waals surface area contributed by atoms with Crippen molar-refractivity contribution in [3.63, 3.8) is 0 Å². The van der Waals surface area contributed by atoms with Crippen molar-refractivity contribution in [3.05, 3.63) is 83.9 Å². The molecule has 0 unspecified atom stereocenters. The summed E-state index contributed by atoms with van der Waals surface area (Å²) in [6, 6.07) is 22.5. The minimum absolute atomic E-state index is 0.0607. The minimum Gasteiger partial charge on any atom is -0.497 e. The summed E-state index contributed by atoms with van der Waals surface area (Å²) in [6.45, 7) is 3.91. The van der Waals surface area contributed by atoms with E-state index >= 15 is 0 Å².